The van der Waals surface area contributed by atoms with Crippen molar-refractivity contribution < 1.29 is 27.3 Å². The average molecular weight is 561 g/mol. The van der Waals surface area contributed by atoms with Crippen LogP contribution in [0.2, 0.25) is 0 Å². The third-order valence-corrected chi connectivity index (χ3v) is 7.88. The summed E-state index contributed by atoms with van der Waals surface area (Å²) in [6.45, 7) is 5.24. The lowest BCUT2D eigenvalue weighted by atomic mass is 9.97. The van der Waals surface area contributed by atoms with Crippen LogP contribution < -0.4 is 10.9 Å². The van der Waals surface area contributed by atoms with Crippen molar-refractivity contribution in [1.82, 2.24) is 14.8 Å². The molecule has 4 rings (SSSR count). The molecule has 2 amide bonds. The van der Waals surface area contributed by atoms with E-state index in [2.05, 4.69) is 5.32 Å². The Labute approximate surface area is 227 Å². The summed E-state index contributed by atoms with van der Waals surface area (Å²) in [5.74, 6) is -2.17. The van der Waals surface area contributed by atoms with Crippen LogP contribution in [0.5, 0.6) is 0 Å². The number of halogens is 2. The summed E-state index contributed by atoms with van der Waals surface area (Å²) in [7, 11) is -1.70. The van der Waals surface area contributed by atoms with Crippen LogP contribution in [0.4, 0.5) is 13.6 Å². The Balaban J connectivity index is 1.49. The number of hydrogen-bond acceptors (Lipinski definition) is 6. The van der Waals surface area contributed by atoms with E-state index in [0.717, 1.165) is 35.7 Å². The molecule has 2 fully saturated rings. The Morgan fingerprint density at radius 3 is 2.56 bits per heavy atom. The fourth-order valence-corrected chi connectivity index (χ4v) is 5.87. The molecule has 0 radical (unpaired) electrons. The van der Waals surface area contributed by atoms with Crippen LogP contribution in [0, 0.1) is 28.9 Å². The van der Waals surface area contributed by atoms with Gasteiger partial charge in [0.1, 0.15) is 23.5 Å². The first-order valence-corrected chi connectivity index (χ1v) is 14.1. The maximum atomic E-state index is 15.0. The van der Waals surface area contributed by atoms with E-state index < -0.39 is 57.7 Å². The van der Waals surface area contributed by atoms with Crippen molar-refractivity contribution >= 4 is 22.8 Å². The maximum Gasteiger partial charge on any atom is 0.411 e. The maximum absolute atomic E-state index is 15.0. The summed E-state index contributed by atoms with van der Waals surface area (Å²) >= 11 is 0. The molecule has 1 saturated carbocycles. The van der Waals surface area contributed by atoms with E-state index >= 15 is 4.39 Å². The lowest BCUT2D eigenvalue weighted by molar-refractivity contribution is -0.128. The number of carbonyl (C=O) groups excluding carboxylic acids is 2. The summed E-state index contributed by atoms with van der Waals surface area (Å²) in [6.07, 6.45) is 3.59. The van der Waals surface area contributed by atoms with Crippen LogP contribution in [0.3, 0.4) is 0 Å². The number of benzene rings is 1. The Hall–Kier alpha value is -3.59. The number of likely N-dealkylation sites (tertiary alicyclic amines) is 1. The first kappa shape index (κ1) is 28.4. The smallest absolute Gasteiger partial charge is 0.411 e. The van der Waals surface area contributed by atoms with Gasteiger partial charge in [-0.05, 0) is 63.6 Å². The van der Waals surface area contributed by atoms with Crippen molar-refractivity contribution in [3.63, 3.8) is 0 Å². The number of carbonyl (C=O) groups is 2. The van der Waals surface area contributed by atoms with Crippen molar-refractivity contribution in [2.45, 2.75) is 75.1 Å². The van der Waals surface area contributed by atoms with E-state index in [-0.39, 0.29) is 34.5 Å². The molecule has 1 aromatic heterocycles. The van der Waals surface area contributed by atoms with Gasteiger partial charge < -0.3 is 10.1 Å². The monoisotopic (exact) mass is 560 g/mol. The SMILES string of the molecule is CS(=O)c1cc(=O)n(-c2ccc(CC(C#N)NC(=O)C3C4CCC(C4)N3C(=O)OC(C)(C)C)c(F)c2)cc1F. The zero-order valence-electron chi connectivity index (χ0n) is 22.1. The van der Waals surface area contributed by atoms with Gasteiger partial charge in [0, 0.05) is 31.0 Å². The average Bonchev–Trinajstić information content (AvgIpc) is 3.46. The second-order valence-electron chi connectivity index (χ2n) is 10.9. The number of amides is 2. The van der Waals surface area contributed by atoms with Crippen LogP contribution in [-0.2, 0) is 26.8 Å². The van der Waals surface area contributed by atoms with Crippen LogP contribution in [0.25, 0.3) is 5.69 Å². The van der Waals surface area contributed by atoms with Gasteiger partial charge in [-0.25, -0.2) is 13.6 Å². The molecule has 1 N–H and O–H groups in total. The van der Waals surface area contributed by atoms with E-state index in [1.807, 2.05) is 6.07 Å². The number of piperidine rings is 1. The summed E-state index contributed by atoms with van der Waals surface area (Å²) in [5.41, 5.74) is -1.27. The standard InChI is InChI=1S/C27H30F2N4O5S/c1-27(2,3)38-26(36)33-19-8-6-16(10-19)24(33)25(35)31-17(13-30)9-15-5-7-18(11-20(15)28)32-14-21(29)22(39(4)37)12-23(32)34/h5,7,11-12,14,16-17,19,24H,6,8-10H2,1-4H3,(H,31,35). The second-order valence-corrected chi connectivity index (χ2v) is 12.2. The number of ether oxygens (including phenoxy) is 1. The minimum absolute atomic E-state index is 0.0427. The van der Waals surface area contributed by atoms with E-state index in [4.69, 9.17) is 4.74 Å². The number of hydrogen-bond donors (Lipinski definition) is 1. The molecule has 1 aliphatic heterocycles. The zero-order chi connectivity index (χ0) is 28.6. The molecule has 1 saturated heterocycles. The molecule has 5 atom stereocenters. The van der Waals surface area contributed by atoms with Gasteiger partial charge in [-0.3, -0.25) is 23.3 Å². The normalized spacial score (nSPS) is 21.8. The van der Waals surface area contributed by atoms with Crippen LogP contribution >= 0.6 is 0 Å². The fourth-order valence-electron chi connectivity index (χ4n) is 5.27. The highest BCUT2D eigenvalue weighted by atomic mass is 32.2. The minimum Gasteiger partial charge on any atom is -0.444 e. The molecule has 1 aromatic carbocycles. The first-order valence-electron chi connectivity index (χ1n) is 12.5. The Morgan fingerprint density at radius 1 is 1.23 bits per heavy atom. The van der Waals surface area contributed by atoms with Crippen molar-refractivity contribution in [2.24, 2.45) is 5.92 Å². The third-order valence-electron chi connectivity index (χ3n) is 6.95. The molecule has 208 valence electrons. The number of aromatic nitrogens is 1. The van der Waals surface area contributed by atoms with Gasteiger partial charge in [-0.2, -0.15) is 5.26 Å². The van der Waals surface area contributed by atoms with Gasteiger partial charge in [-0.1, -0.05) is 6.07 Å². The van der Waals surface area contributed by atoms with Crippen molar-refractivity contribution in [2.75, 3.05) is 6.26 Å². The summed E-state index contributed by atoms with van der Waals surface area (Å²) in [4.78, 5) is 39.7. The van der Waals surface area contributed by atoms with Crippen LogP contribution in [-0.4, -0.2) is 55.7 Å². The predicted molar refractivity (Wildman–Crippen MR) is 139 cm³/mol. The van der Waals surface area contributed by atoms with Gasteiger partial charge in [0.2, 0.25) is 5.91 Å². The number of pyridine rings is 1. The molecule has 2 heterocycles. The fraction of sp³-hybridized carbons (Fsp3) is 0.481. The topological polar surface area (TPSA) is 122 Å². The second kappa shape index (κ2) is 10.9. The largest absolute Gasteiger partial charge is 0.444 e. The number of nitrogens with zero attached hydrogens (tertiary/aromatic N) is 3. The highest BCUT2D eigenvalue weighted by Crippen LogP contribution is 2.43. The number of fused-ring (bicyclic) bond motifs is 2. The molecular formula is C27H30F2N4O5S. The molecule has 12 heteroatoms. The summed E-state index contributed by atoms with van der Waals surface area (Å²) in [5, 5.41) is 12.3. The molecule has 0 spiro atoms. The number of rotatable bonds is 6. The molecule has 2 bridgehead atoms. The quantitative estimate of drug-likeness (QED) is 0.579. The summed E-state index contributed by atoms with van der Waals surface area (Å²) < 4.78 is 47.3. The molecule has 39 heavy (non-hydrogen) atoms. The van der Waals surface area contributed by atoms with Crippen molar-refractivity contribution in [3.8, 4) is 11.8 Å². The van der Waals surface area contributed by atoms with Gasteiger partial charge in [0.25, 0.3) is 5.56 Å². The predicted octanol–water partition coefficient (Wildman–Crippen LogP) is 3.19. The Kier molecular flexibility index (Phi) is 7.93. The molecule has 9 nitrogen and oxygen atoms in total. The molecule has 5 unspecified atom stereocenters. The van der Waals surface area contributed by atoms with Crippen molar-refractivity contribution in [3.05, 3.63) is 58.0 Å². The highest BCUT2D eigenvalue weighted by Gasteiger charge is 2.52. The van der Waals surface area contributed by atoms with Crippen LogP contribution in [0.15, 0.2) is 40.2 Å². The molecule has 1 aliphatic carbocycles. The van der Waals surface area contributed by atoms with Gasteiger partial charge in [0.05, 0.1) is 27.5 Å². The zero-order valence-corrected chi connectivity index (χ0v) is 22.9. The lowest BCUT2D eigenvalue weighted by Crippen LogP contribution is -2.55. The Morgan fingerprint density at radius 2 is 1.95 bits per heavy atom. The van der Waals surface area contributed by atoms with E-state index in [0.29, 0.717) is 6.42 Å². The van der Waals surface area contributed by atoms with Gasteiger partial charge in [0.15, 0.2) is 5.82 Å². The molecule has 2 aliphatic rings. The van der Waals surface area contributed by atoms with E-state index in [1.54, 1.807) is 20.8 Å². The Bertz CT molecular complexity index is 1430. The summed E-state index contributed by atoms with van der Waals surface area (Å²) in [6, 6.07) is 4.66. The van der Waals surface area contributed by atoms with E-state index in [9.17, 15) is 28.2 Å². The van der Waals surface area contributed by atoms with Gasteiger partial charge in [-0.15, -0.1) is 0 Å². The van der Waals surface area contributed by atoms with E-state index in [1.165, 1.54) is 23.3 Å². The van der Waals surface area contributed by atoms with Crippen molar-refractivity contribution in [1.29, 1.82) is 5.26 Å². The minimum atomic E-state index is -1.70. The molecule has 2 aromatic rings. The molecular weight excluding hydrogens is 530 g/mol. The third kappa shape index (κ3) is 6.03. The van der Waals surface area contributed by atoms with Gasteiger partial charge >= 0.3 is 6.09 Å². The van der Waals surface area contributed by atoms with Crippen LogP contribution in [0.1, 0.15) is 45.6 Å². The number of nitrogens with one attached hydrogen (secondary N) is 1. The highest BCUT2D eigenvalue weighted by molar-refractivity contribution is 7.84. The number of nitriles is 1. The first-order chi connectivity index (χ1) is 18.3. The lowest BCUT2D eigenvalue weighted by Gasteiger charge is -2.35.